The van der Waals surface area contributed by atoms with Crippen molar-refractivity contribution in [2.24, 2.45) is 0 Å². The third-order valence-corrected chi connectivity index (χ3v) is 3.86. The fraction of sp³-hybridized carbons (Fsp3) is 0.800. The van der Waals surface area contributed by atoms with Gasteiger partial charge in [0.05, 0.1) is 12.7 Å². The van der Waals surface area contributed by atoms with E-state index in [0.717, 1.165) is 32.1 Å². The van der Waals surface area contributed by atoms with Crippen molar-refractivity contribution in [1.29, 1.82) is 0 Å². The van der Waals surface area contributed by atoms with E-state index in [4.69, 9.17) is 19.3 Å². The van der Waals surface area contributed by atoms with Gasteiger partial charge in [0.1, 0.15) is 17.3 Å². The molecule has 1 fully saturated rings. The molecule has 1 aliphatic heterocycles. The molecule has 0 spiro atoms. The molecule has 2 amide bonds. The Morgan fingerprint density at radius 2 is 1.56 bits per heavy atom. The summed E-state index contributed by atoms with van der Waals surface area (Å²) >= 11 is 0. The molecule has 0 aliphatic carbocycles. The number of allylic oxidation sites excluding steroid dienone is 1. The second kappa shape index (κ2) is 18.2. The molecule has 1 rings (SSSR count). The molecule has 2 atom stereocenters. The van der Waals surface area contributed by atoms with Crippen LogP contribution in [0.15, 0.2) is 12.2 Å². The molecule has 0 saturated carbocycles. The molecule has 1 heterocycles. The standard InChI is InChI=1S/C10H19NO4.C10H18O3.C5H10O/c1-9(2,3)14-7(12)11-8(13)15-10(4,5)6;1-8-7-9(11)5-3-2-4-6-10(12)13-8;1-2-3-4-5-6/h1-6H3,(H,11,12,13);8-9,11H,2-7H2,1H3;3-4,6H,2,5H2,1H3/b;;4-3+. The number of amides is 2. The summed E-state index contributed by atoms with van der Waals surface area (Å²) in [6.45, 7) is 14.3. The van der Waals surface area contributed by atoms with E-state index in [9.17, 15) is 19.5 Å². The van der Waals surface area contributed by atoms with Gasteiger partial charge < -0.3 is 24.4 Å². The molecule has 0 bridgehead atoms. The predicted octanol–water partition coefficient (Wildman–Crippen LogP) is 5.02. The number of ether oxygens (including phenoxy) is 3. The fourth-order valence-corrected chi connectivity index (χ4v) is 2.59. The summed E-state index contributed by atoms with van der Waals surface area (Å²) in [6.07, 6.45) is 7.48. The Morgan fingerprint density at radius 1 is 1.03 bits per heavy atom. The summed E-state index contributed by atoms with van der Waals surface area (Å²) < 4.78 is 14.8. The normalized spacial score (nSPS) is 19.4. The van der Waals surface area contributed by atoms with Gasteiger partial charge in [0.2, 0.25) is 0 Å². The molecule has 0 aromatic heterocycles. The van der Waals surface area contributed by atoms with Crippen molar-refractivity contribution in [3.8, 4) is 0 Å². The van der Waals surface area contributed by atoms with E-state index in [2.05, 4.69) is 0 Å². The zero-order valence-electron chi connectivity index (χ0n) is 22.3. The van der Waals surface area contributed by atoms with Gasteiger partial charge in [-0.1, -0.05) is 31.9 Å². The third kappa shape index (κ3) is 26.1. The summed E-state index contributed by atoms with van der Waals surface area (Å²) in [7, 11) is 0. The van der Waals surface area contributed by atoms with Gasteiger partial charge in [-0.2, -0.15) is 0 Å². The number of aliphatic hydroxyl groups is 2. The Hall–Kier alpha value is -2.13. The van der Waals surface area contributed by atoms with E-state index in [-0.39, 0.29) is 24.8 Å². The zero-order chi connectivity index (χ0) is 26.8. The number of carbonyl (C=O) groups is 3. The van der Waals surface area contributed by atoms with Gasteiger partial charge in [-0.15, -0.1) is 0 Å². The topological polar surface area (TPSA) is 131 Å². The second-order valence-corrected chi connectivity index (χ2v) is 9.98. The highest BCUT2D eigenvalue weighted by Crippen LogP contribution is 2.15. The van der Waals surface area contributed by atoms with Gasteiger partial charge in [0, 0.05) is 12.8 Å². The van der Waals surface area contributed by atoms with Gasteiger partial charge in [-0.05, 0) is 67.7 Å². The number of nitrogens with one attached hydrogen (secondary N) is 1. The van der Waals surface area contributed by atoms with Gasteiger partial charge in [-0.25, -0.2) is 14.9 Å². The minimum absolute atomic E-state index is 0.124. The van der Waals surface area contributed by atoms with Crippen LogP contribution in [0.5, 0.6) is 0 Å². The number of hydrogen-bond donors (Lipinski definition) is 3. The minimum Gasteiger partial charge on any atom is -0.463 e. The molecule has 3 N–H and O–H groups in total. The average Bonchev–Trinajstić information content (AvgIpc) is 2.63. The molecule has 0 radical (unpaired) electrons. The molecule has 9 heteroatoms. The molecule has 1 aliphatic rings. The molecule has 1 saturated heterocycles. The Balaban J connectivity index is 0. The maximum atomic E-state index is 11.1. The Bertz CT molecular complexity index is 573. The van der Waals surface area contributed by atoms with Crippen LogP contribution in [0.3, 0.4) is 0 Å². The predicted molar refractivity (Wildman–Crippen MR) is 131 cm³/mol. The van der Waals surface area contributed by atoms with E-state index in [0.29, 0.717) is 12.8 Å². The van der Waals surface area contributed by atoms with Gasteiger partial charge >= 0.3 is 18.2 Å². The summed E-state index contributed by atoms with van der Waals surface area (Å²) in [5.41, 5.74) is -1.27. The number of imide groups is 1. The summed E-state index contributed by atoms with van der Waals surface area (Å²) in [5.74, 6) is -0.124. The Kier molecular flexibility index (Phi) is 18.3. The molecule has 9 nitrogen and oxygen atoms in total. The lowest BCUT2D eigenvalue weighted by molar-refractivity contribution is -0.149. The number of aliphatic hydroxyl groups excluding tert-OH is 2. The van der Waals surface area contributed by atoms with E-state index in [1.807, 2.05) is 25.2 Å². The lowest BCUT2D eigenvalue weighted by atomic mass is 10.0. The Labute approximate surface area is 205 Å². The van der Waals surface area contributed by atoms with Crippen molar-refractivity contribution < 1.29 is 38.8 Å². The maximum Gasteiger partial charge on any atom is 0.417 e. The molecule has 2 unspecified atom stereocenters. The molecular formula is C25H47NO8. The first-order valence-corrected chi connectivity index (χ1v) is 12.0. The largest absolute Gasteiger partial charge is 0.463 e. The molecule has 34 heavy (non-hydrogen) atoms. The van der Waals surface area contributed by atoms with Crippen molar-refractivity contribution >= 4 is 18.2 Å². The number of cyclic esters (lactones) is 1. The Morgan fingerprint density at radius 3 is 1.97 bits per heavy atom. The monoisotopic (exact) mass is 489 g/mol. The second-order valence-electron chi connectivity index (χ2n) is 9.98. The highest BCUT2D eigenvalue weighted by atomic mass is 16.6. The van der Waals surface area contributed by atoms with Gasteiger partial charge in [0.25, 0.3) is 0 Å². The van der Waals surface area contributed by atoms with Crippen molar-refractivity contribution in [2.75, 3.05) is 6.61 Å². The number of rotatable bonds is 2. The smallest absolute Gasteiger partial charge is 0.417 e. The van der Waals surface area contributed by atoms with Crippen LogP contribution in [0.1, 0.15) is 100 Å². The number of hydrogen-bond acceptors (Lipinski definition) is 8. The van der Waals surface area contributed by atoms with E-state index in [1.165, 1.54) is 0 Å². The molecule has 0 aromatic carbocycles. The number of esters is 1. The first-order valence-electron chi connectivity index (χ1n) is 12.0. The van der Waals surface area contributed by atoms with Crippen LogP contribution < -0.4 is 5.32 Å². The van der Waals surface area contributed by atoms with Crippen LogP contribution in [0.25, 0.3) is 0 Å². The van der Waals surface area contributed by atoms with Crippen molar-refractivity contribution in [3.05, 3.63) is 12.2 Å². The van der Waals surface area contributed by atoms with Gasteiger partial charge in [-0.3, -0.25) is 4.79 Å². The van der Waals surface area contributed by atoms with E-state index < -0.39 is 23.4 Å². The lowest BCUT2D eigenvalue weighted by Gasteiger charge is -2.21. The summed E-state index contributed by atoms with van der Waals surface area (Å²) in [4.78, 5) is 33.4. The highest BCUT2D eigenvalue weighted by molar-refractivity contribution is 5.87. The van der Waals surface area contributed by atoms with Crippen LogP contribution in [-0.4, -0.2) is 58.4 Å². The number of alkyl carbamates (subject to hydrolysis) is 2. The maximum absolute atomic E-state index is 11.1. The summed E-state index contributed by atoms with van der Waals surface area (Å²) in [6, 6.07) is 0. The van der Waals surface area contributed by atoms with Crippen LogP contribution in [0.2, 0.25) is 0 Å². The SMILES string of the molecule is CC(C)(C)OC(=O)NC(=O)OC(C)(C)C.CC/C=C/CO.CC1CC(O)CCCCCC(=O)O1. The molecule has 0 aromatic rings. The van der Waals surface area contributed by atoms with Crippen molar-refractivity contribution in [3.63, 3.8) is 0 Å². The average molecular weight is 490 g/mol. The fourth-order valence-electron chi connectivity index (χ4n) is 2.59. The summed E-state index contributed by atoms with van der Waals surface area (Å²) in [5, 5.41) is 19.6. The van der Waals surface area contributed by atoms with Crippen molar-refractivity contribution in [1.82, 2.24) is 5.32 Å². The van der Waals surface area contributed by atoms with Crippen molar-refractivity contribution in [2.45, 2.75) is 124 Å². The van der Waals surface area contributed by atoms with Gasteiger partial charge in [0.15, 0.2) is 0 Å². The van der Waals surface area contributed by atoms with Crippen LogP contribution in [0, 0.1) is 0 Å². The van der Waals surface area contributed by atoms with Crippen LogP contribution in [0.4, 0.5) is 9.59 Å². The van der Waals surface area contributed by atoms with E-state index >= 15 is 0 Å². The highest BCUT2D eigenvalue weighted by Gasteiger charge is 2.22. The van der Waals surface area contributed by atoms with Crippen LogP contribution >= 0.6 is 0 Å². The molecular weight excluding hydrogens is 442 g/mol. The quantitative estimate of drug-likeness (QED) is 0.280. The van der Waals surface area contributed by atoms with E-state index in [1.54, 1.807) is 47.6 Å². The zero-order valence-corrected chi connectivity index (χ0v) is 22.3. The first kappa shape index (κ1) is 34.0. The van der Waals surface area contributed by atoms with Crippen LogP contribution in [-0.2, 0) is 19.0 Å². The number of carbonyl (C=O) groups excluding carboxylic acids is 3. The lowest BCUT2D eigenvalue weighted by Crippen LogP contribution is -2.39. The first-order chi connectivity index (χ1) is 15.6. The third-order valence-electron chi connectivity index (χ3n) is 3.86. The minimum atomic E-state index is -0.809. The molecule has 200 valence electrons.